The Kier molecular flexibility index (Phi) is 3.39. The number of para-hydroxylation sites is 2. The summed E-state index contributed by atoms with van der Waals surface area (Å²) in [5, 5.41) is 9.72. The van der Waals surface area contributed by atoms with E-state index >= 15 is 0 Å². The van der Waals surface area contributed by atoms with Crippen LogP contribution < -0.4 is 0 Å². The fourth-order valence-corrected chi connectivity index (χ4v) is 7.00. The van der Waals surface area contributed by atoms with E-state index in [2.05, 4.69) is 105 Å². The Morgan fingerprint density at radius 1 is 0.514 bits per heavy atom. The third-order valence-corrected chi connectivity index (χ3v) is 8.57. The van der Waals surface area contributed by atoms with Crippen molar-refractivity contribution >= 4 is 65.4 Å². The summed E-state index contributed by atoms with van der Waals surface area (Å²) in [5.74, 6) is 0. The SMILES string of the molecule is CC1(C)c2ccccc2-c2c3cc4oc5ccccc5c4cc3cc3cc4oc5ccccc5c4c1c23. The molecule has 2 aromatic heterocycles. The molecule has 1 aliphatic rings. The second kappa shape index (κ2) is 6.41. The molecule has 0 fully saturated rings. The second-order valence-electron chi connectivity index (χ2n) is 10.9. The van der Waals surface area contributed by atoms with Gasteiger partial charge >= 0.3 is 0 Å². The largest absolute Gasteiger partial charge is 0.456 e. The van der Waals surface area contributed by atoms with E-state index in [1.807, 2.05) is 6.07 Å². The molecule has 0 atom stereocenters. The first kappa shape index (κ1) is 19.6. The summed E-state index contributed by atoms with van der Waals surface area (Å²) >= 11 is 0. The lowest BCUT2D eigenvalue weighted by Gasteiger charge is -2.36. The number of furan rings is 2. The van der Waals surface area contributed by atoms with Gasteiger partial charge in [-0.2, -0.15) is 0 Å². The van der Waals surface area contributed by atoms with Gasteiger partial charge in [0.25, 0.3) is 0 Å². The fourth-order valence-electron chi connectivity index (χ4n) is 7.00. The van der Waals surface area contributed by atoms with E-state index in [0.717, 1.165) is 33.1 Å². The van der Waals surface area contributed by atoms with Gasteiger partial charge in [-0.05, 0) is 80.2 Å². The first-order valence-electron chi connectivity index (χ1n) is 12.9. The van der Waals surface area contributed by atoms with E-state index in [4.69, 9.17) is 8.83 Å². The Morgan fingerprint density at radius 3 is 2.08 bits per heavy atom. The summed E-state index contributed by atoms with van der Waals surface area (Å²) in [6.07, 6.45) is 0. The van der Waals surface area contributed by atoms with Gasteiger partial charge in [-0.3, -0.25) is 0 Å². The molecule has 0 N–H and O–H groups in total. The molecule has 37 heavy (non-hydrogen) atoms. The van der Waals surface area contributed by atoms with Crippen LogP contribution in [0.1, 0.15) is 25.0 Å². The van der Waals surface area contributed by atoms with Crippen molar-refractivity contribution in [3.8, 4) is 11.1 Å². The van der Waals surface area contributed by atoms with Crippen molar-refractivity contribution in [3.05, 3.63) is 108 Å². The highest BCUT2D eigenvalue weighted by Crippen LogP contribution is 2.55. The van der Waals surface area contributed by atoms with Crippen molar-refractivity contribution < 1.29 is 8.83 Å². The van der Waals surface area contributed by atoms with E-state index in [9.17, 15) is 0 Å². The van der Waals surface area contributed by atoms with Crippen LogP contribution >= 0.6 is 0 Å². The number of hydrogen-bond donors (Lipinski definition) is 0. The van der Waals surface area contributed by atoms with Crippen molar-refractivity contribution in [1.82, 2.24) is 0 Å². The van der Waals surface area contributed by atoms with Crippen molar-refractivity contribution in [3.63, 3.8) is 0 Å². The second-order valence-corrected chi connectivity index (χ2v) is 10.9. The van der Waals surface area contributed by atoms with Crippen LogP contribution in [0.25, 0.3) is 76.5 Å². The predicted molar refractivity (Wildman–Crippen MR) is 154 cm³/mol. The maximum atomic E-state index is 6.46. The minimum atomic E-state index is -0.189. The van der Waals surface area contributed by atoms with Gasteiger partial charge in [0, 0.05) is 27.0 Å². The smallest absolute Gasteiger partial charge is 0.136 e. The monoisotopic (exact) mass is 474 g/mol. The highest BCUT2D eigenvalue weighted by Gasteiger charge is 2.37. The number of fused-ring (bicyclic) bond motifs is 11. The van der Waals surface area contributed by atoms with Gasteiger partial charge in [0.05, 0.1) is 0 Å². The zero-order valence-electron chi connectivity index (χ0n) is 20.6. The summed E-state index contributed by atoms with van der Waals surface area (Å²) in [6.45, 7) is 4.72. The molecule has 0 amide bonds. The van der Waals surface area contributed by atoms with E-state index in [0.29, 0.717) is 0 Å². The molecule has 2 heteroatoms. The molecule has 6 aromatic carbocycles. The first-order chi connectivity index (χ1) is 18.1. The quantitative estimate of drug-likeness (QED) is 0.204. The van der Waals surface area contributed by atoms with Crippen molar-refractivity contribution in [2.75, 3.05) is 0 Å². The Labute approximate surface area is 212 Å². The maximum absolute atomic E-state index is 6.46. The Balaban J connectivity index is 1.59. The summed E-state index contributed by atoms with van der Waals surface area (Å²) in [7, 11) is 0. The van der Waals surface area contributed by atoms with Crippen LogP contribution in [0.3, 0.4) is 0 Å². The van der Waals surface area contributed by atoms with Gasteiger partial charge in [0.1, 0.15) is 22.3 Å². The summed E-state index contributed by atoms with van der Waals surface area (Å²) in [5.41, 5.74) is 8.87. The summed E-state index contributed by atoms with van der Waals surface area (Å²) in [4.78, 5) is 0. The molecule has 2 heterocycles. The van der Waals surface area contributed by atoms with Crippen LogP contribution in [0.2, 0.25) is 0 Å². The van der Waals surface area contributed by atoms with Crippen molar-refractivity contribution in [2.45, 2.75) is 19.3 Å². The molecular weight excluding hydrogens is 452 g/mol. The van der Waals surface area contributed by atoms with Crippen LogP contribution in [0.4, 0.5) is 0 Å². The van der Waals surface area contributed by atoms with Gasteiger partial charge < -0.3 is 8.83 Å². The molecule has 0 bridgehead atoms. The molecule has 8 aromatic rings. The minimum absolute atomic E-state index is 0.189. The molecule has 0 saturated heterocycles. The number of hydrogen-bond acceptors (Lipinski definition) is 2. The van der Waals surface area contributed by atoms with Gasteiger partial charge in [0.15, 0.2) is 0 Å². The lowest BCUT2D eigenvalue weighted by molar-refractivity contribution is 0.646. The maximum Gasteiger partial charge on any atom is 0.136 e. The molecule has 0 aliphatic heterocycles. The van der Waals surface area contributed by atoms with E-state index < -0.39 is 0 Å². The Morgan fingerprint density at radius 2 is 1.22 bits per heavy atom. The molecule has 0 spiro atoms. The molecular formula is C35H22O2. The molecule has 174 valence electrons. The molecule has 0 unspecified atom stereocenters. The topological polar surface area (TPSA) is 26.3 Å². The van der Waals surface area contributed by atoms with Gasteiger partial charge in [-0.15, -0.1) is 0 Å². The number of benzene rings is 6. The summed E-state index contributed by atoms with van der Waals surface area (Å²) < 4.78 is 12.8. The zero-order valence-corrected chi connectivity index (χ0v) is 20.6. The zero-order chi connectivity index (χ0) is 24.5. The normalized spacial score (nSPS) is 14.4. The molecule has 1 aliphatic carbocycles. The predicted octanol–water partition coefficient (Wildman–Crippen LogP) is 10.1. The molecule has 2 nitrogen and oxygen atoms in total. The average Bonchev–Trinajstić information content (AvgIpc) is 3.46. The Bertz CT molecular complexity index is 2270. The van der Waals surface area contributed by atoms with Gasteiger partial charge in [0.2, 0.25) is 0 Å². The van der Waals surface area contributed by atoms with Crippen molar-refractivity contribution in [2.24, 2.45) is 0 Å². The summed E-state index contributed by atoms with van der Waals surface area (Å²) in [6, 6.07) is 34.8. The third-order valence-electron chi connectivity index (χ3n) is 8.57. The lowest BCUT2D eigenvalue weighted by Crippen LogP contribution is -2.24. The highest BCUT2D eigenvalue weighted by molar-refractivity contribution is 6.25. The first-order valence-corrected chi connectivity index (χ1v) is 12.9. The fraction of sp³-hybridized carbons (Fsp3) is 0.0857. The Hall–Kier alpha value is -4.56. The lowest BCUT2D eigenvalue weighted by atomic mass is 9.66. The average molecular weight is 475 g/mol. The van der Waals surface area contributed by atoms with E-state index in [1.54, 1.807) is 0 Å². The minimum Gasteiger partial charge on any atom is -0.456 e. The van der Waals surface area contributed by atoms with Crippen LogP contribution in [-0.4, -0.2) is 0 Å². The number of rotatable bonds is 0. The van der Waals surface area contributed by atoms with E-state index in [1.165, 1.54) is 54.6 Å². The molecule has 9 rings (SSSR count). The van der Waals surface area contributed by atoms with Crippen LogP contribution in [0.15, 0.2) is 106 Å². The van der Waals surface area contributed by atoms with Gasteiger partial charge in [-0.1, -0.05) is 74.5 Å². The highest BCUT2D eigenvalue weighted by atomic mass is 16.3. The molecule has 0 radical (unpaired) electrons. The van der Waals surface area contributed by atoms with Crippen LogP contribution in [0, 0.1) is 0 Å². The van der Waals surface area contributed by atoms with Gasteiger partial charge in [-0.25, -0.2) is 0 Å². The van der Waals surface area contributed by atoms with Crippen LogP contribution in [-0.2, 0) is 5.41 Å². The standard InChI is InChI=1S/C35H22O2/c1-35(2)26-12-6-3-10-22(26)32-24-18-29-25(21-9-4-7-13-27(21)36-29)16-19(24)15-20-17-30-33(34(35)31(20)32)23-11-5-8-14-28(23)37-30/h3-18H,1-2H3. The van der Waals surface area contributed by atoms with Crippen LogP contribution in [0.5, 0.6) is 0 Å². The van der Waals surface area contributed by atoms with Crippen molar-refractivity contribution in [1.29, 1.82) is 0 Å². The molecule has 0 saturated carbocycles. The van der Waals surface area contributed by atoms with E-state index in [-0.39, 0.29) is 5.41 Å². The third kappa shape index (κ3) is 2.32.